The number of sulfonamides is 1. The number of hydrogen-bond donors (Lipinski definition) is 2. The third kappa shape index (κ3) is 3.06. The zero-order valence-corrected chi connectivity index (χ0v) is 11.5. The summed E-state index contributed by atoms with van der Waals surface area (Å²) in [5.41, 5.74) is 1.90. The number of aromatic hydroxyl groups is 1. The van der Waals surface area contributed by atoms with E-state index in [-0.39, 0.29) is 16.3 Å². The first-order valence-electron chi connectivity index (χ1n) is 5.77. The maximum Gasteiger partial charge on any atom is 0.262 e. The van der Waals surface area contributed by atoms with Crippen molar-refractivity contribution in [1.82, 2.24) is 0 Å². The Morgan fingerprint density at radius 2 is 1.68 bits per heavy atom. The van der Waals surface area contributed by atoms with Crippen LogP contribution in [-0.4, -0.2) is 13.5 Å². The van der Waals surface area contributed by atoms with Crippen molar-refractivity contribution in [1.29, 1.82) is 0 Å². The van der Waals surface area contributed by atoms with Crippen molar-refractivity contribution in [3.05, 3.63) is 53.6 Å². The summed E-state index contributed by atoms with van der Waals surface area (Å²) >= 11 is 0. The molecule has 0 fully saturated rings. The number of aryl methyl sites for hydroxylation is 2. The van der Waals surface area contributed by atoms with Gasteiger partial charge in [0.1, 0.15) is 5.75 Å². The van der Waals surface area contributed by atoms with E-state index in [2.05, 4.69) is 4.72 Å². The Kier molecular flexibility index (Phi) is 3.48. The molecule has 2 rings (SSSR count). The van der Waals surface area contributed by atoms with Crippen LogP contribution in [0.4, 0.5) is 5.69 Å². The van der Waals surface area contributed by atoms with Crippen LogP contribution < -0.4 is 4.72 Å². The predicted molar refractivity (Wildman–Crippen MR) is 74.8 cm³/mol. The minimum Gasteiger partial charge on any atom is -0.506 e. The maximum absolute atomic E-state index is 12.2. The van der Waals surface area contributed by atoms with Crippen LogP contribution in [0, 0.1) is 13.8 Å². The third-order valence-corrected chi connectivity index (χ3v) is 4.06. The highest BCUT2D eigenvalue weighted by molar-refractivity contribution is 7.92. The van der Waals surface area contributed by atoms with E-state index < -0.39 is 10.0 Å². The molecule has 0 radical (unpaired) electrons. The summed E-state index contributed by atoms with van der Waals surface area (Å²) in [6.45, 7) is 3.65. The highest BCUT2D eigenvalue weighted by Gasteiger charge is 2.16. The Balaban J connectivity index is 2.39. The molecule has 0 bridgehead atoms. The van der Waals surface area contributed by atoms with Gasteiger partial charge in [-0.3, -0.25) is 4.72 Å². The molecule has 2 aromatic rings. The molecular formula is C14H15NO3S. The van der Waals surface area contributed by atoms with Gasteiger partial charge in [-0.15, -0.1) is 0 Å². The monoisotopic (exact) mass is 277 g/mol. The summed E-state index contributed by atoms with van der Waals surface area (Å²) in [7, 11) is -3.69. The molecule has 0 heterocycles. The van der Waals surface area contributed by atoms with E-state index in [1.165, 1.54) is 12.1 Å². The number of rotatable bonds is 3. The van der Waals surface area contributed by atoms with Gasteiger partial charge in [-0.1, -0.05) is 18.2 Å². The fourth-order valence-corrected chi connectivity index (χ4v) is 2.89. The highest BCUT2D eigenvalue weighted by atomic mass is 32.2. The largest absolute Gasteiger partial charge is 0.506 e. The number of anilines is 1. The molecule has 0 unspecified atom stereocenters. The molecule has 5 heteroatoms. The zero-order valence-electron chi connectivity index (χ0n) is 10.7. The molecule has 0 saturated heterocycles. The second-order valence-electron chi connectivity index (χ2n) is 4.44. The molecule has 0 aliphatic carbocycles. The van der Waals surface area contributed by atoms with Crippen molar-refractivity contribution < 1.29 is 13.5 Å². The minimum absolute atomic E-state index is 0.0955. The first-order valence-corrected chi connectivity index (χ1v) is 7.26. The van der Waals surface area contributed by atoms with Gasteiger partial charge >= 0.3 is 0 Å². The predicted octanol–water partition coefficient (Wildman–Crippen LogP) is 2.81. The van der Waals surface area contributed by atoms with Crippen molar-refractivity contribution in [2.24, 2.45) is 0 Å². The van der Waals surface area contributed by atoms with Crippen LogP contribution in [0.25, 0.3) is 0 Å². The van der Waals surface area contributed by atoms with Crippen molar-refractivity contribution in [2.45, 2.75) is 18.7 Å². The van der Waals surface area contributed by atoms with Gasteiger partial charge in [-0.05, 0) is 49.2 Å². The van der Waals surface area contributed by atoms with Gasteiger partial charge < -0.3 is 5.11 Å². The summed E-state index contributed by atoms with van der Waals surface area (Å²) in [6.07, 6.45) is 0. The normalized spacial score (nSPS) is 11.3. The van der Waals surface area contributed by atoms with E-state index >= 15 is 0 Å². The van der Waals surface area contributed by atoms with E-state index in [1.807, 2.05) is 19.9 Å². The van der Waals surface area contributed by atoms with Crippen molar-refractivity contribution >= 4 is 15.7 Å². The van der Waals surface area contributed by atoms with Gasteiger partial charge in [0, 0.05) is 0 Å². The lowest BCUT2D eigenvalue weighted by Gasteiger charge is -2.10. The lowest BCUT2D eigenvalue weighted by molar-refractivity contribution is 0.477. The van der Waals surface area contributed by atoms with Crippen LogP contribution in [-0.2, 0) is 10.0 Å². The minimum atomic E-state index is -3.69. The van der Waals surface area contributed by atoms with Crippen molar-refractivity contribution in [3.63, 3.8) is 0 Å². The molecule has 100 valence electrons. The van der Waals surface area contributed by atoms with Crippen LogP contribution in [0.15, 0.2) is 47.4 Å². The Morgan fingerprint density at radius 3 is 2.37 bits per heavy atom. The van der Waals surface area contributed by atoms with E-state index in [1.54, 1.807) is 24.3 Å². The number of phenols is 1. The van der Waals surface area contributed by atoms with E-state index in [0.717, 1.165) is 11.1 Å². The Bertz CT molecular complexity index is 708. The van der Waals surface area contributed by atoms with E-state index in [4.69, 9.17) is 0 Å². The molecule has 2 N–H and O–H groups in total. The maximum atomic E-state index is 12.2. The highest BCUT2D eigenvalue weighted by Crippen LogP contribution is 2.26. The second kappa shape index (κ2) is 4.93. The van der Waals surface area contributed by atoms with Crippen molar-refractivity contribution in [3.8, 4) is 5.75 Å². The van der Waals surface area contributed by atoms with Gasteiger partial charge in [0.2, 0.25) is 0 Å². The van der Waals surface area contributed by atoms with E-state index in [9.17, 15) is 13.5 Å². The number of benzene rings is 2. The topological polar surface area (TPSA) is 66.4 Å². The van der Waals surface area contributed by atoms with Crippen LogP contribution >= 0.6 is 0 Å². The van der Waals surface area contributed by atoms with E-state index in [0.29, 0.717) is 0 Å². The summed E-state index contributed by atoms with van der Waals surface area (Å²) in [5.74, 6) is -0.0955. The first kappa shape index (κ1) is 13.4. The molecule has 0 atom stereocenters. The number of nitrogens with one attached hydrogen (secondary N) is 1. The first-order chi connectivity index (χ1) is 8.88. The molecule has 0 aliphatic rings. The fourth-order valence-electron chi connectivity index (χ4n) is 1.72. The molecule has 0 amide bonds. The summed E-state index contributed by atoms with van der Waals surface area (Å²) in [4.78, 5) is 0.174. The molecule has 0 aliphatic heterocycles. The average Bonchev–Trinajstić information content (AvgIpc) is 2.33. The number of hydrogen-bond acceptors (Lipinski definition) is 3. The summed E-state index contributed by atoms with van der Waals surface area (Å²) in [5, 5.41) is 9.67. The summed E-state index contributed by atoms with van der Waals surface area (Å²) < 4.78 is 26.8. The Morgan fingerprint density at radius 1 is 1.00 bits per heavy atom. The Labute approximate surface area is 112 Å². The Hall–Kier alpha value is -2.01. The van der Waals surface area contributed by atoms with Crippen LogP contribution in [0.1, 0.15) is 11.1 Å². The standard InChI is InChI=1S/C14H15NO3S/c1-10-4-3-5-12(8-10)19(17,18)15-13-9-11(2)6-7-14(13)16/h3-9,15-16H,1-2H3. The SMILES string of the molecule is Cc1cccc(S(=O)(=O)Nc2cc(C)ccc2O)c1. The number of phenolic OH excluding ortho intramolecular Hbond substituents is 1. The van der Waals surface area contributed by atoms with Crippen LogP contribution in [0.2, 0.25) is 0 Å². The molecule has 0 aromatic heterocycles. The smallest absolute Gasteiger partial charge is 0.262 e. The van der Waals surface area contributed by atoms with Gasteiger partial charge in [-0.2, -0.15) is 0 Å². The zero-order chi connectivity index (χ0) is 14.0. The molecule has 0 spiro atoms. The van der Waals surface area contributed by atoms with Gasteiger partial charge in [-0.25, -0.2) is 8.42 Å². The molecule has 19 heavy (non-hydrogen) atoms. The van der Waals surface area contributed by atoms with Gasteiger partial charge in [0.05, 0.1) is 10.6 Å². The molecular weight excluding hydrogens is 262 g/mol. The van der Waals surface area contributed by atoms with Crippen molar-refractivity contribution in [2.75, 3.05) is 4.72 Å². The average molecular weight is 277 g/mol. The lowest BCUT2D eigenvalue weighted by atomic mass is 10.2. The second-order valence-corrected chi connectivity index (χ2v) is 6.13. The third-order valence-electron chi connectivity index (χ3n) is 2.70. The van der Waals surface area contributed by atoms with Gasteiger partial charge in [0.15, 0.2) is 0 Å². The quantitative estimate of drug-likeness (QED) is 0.848. The summed E-state index contributed by atoms with van der Waals surface area (Å²) in [6, 6.07) is 11.4. The molecule has 4 nitrogen and oxygen atoms in total. The van der Waals surface area contributed by atoms with Crippen LogP contribution in [0.5, 0.6) is 5.75 Å². The van der Waals surface area contributed by atoms with Crippen LogP contribution in [0.3, 0.4) is 0 Å². The molecule has 2 aromatic carbocycles. The fraction of sp³-hybridized carbons (Fsp3) is 0.143. The lowest BCUT2D eigenvalue weighted by Crippen LogP contribution is -2.13. The molecule has 0 saturated carbocycles. The van der Waals surface area contributed by atoms with Gasteiger partial charge in [0.25, 0.3) is 10.0 Å².